The van der Waals surface area contributed by atoms with E-state index in [1.165, 1.54) is 0 Å². The van der Waals surface area contributed by atoms with E-state index >= 15 is 0 Å². The van der Waals surface area contributed by atoms with Gasteiger partial charge in [-0.05, 0) is 28.1 Å². The van der Waals surface area contributed by atoms with Crippen molar-refractivity contribution in [2.75, 3.05) is 7.05 Å². The summed E-state index contributed by atoms with van der Waals surface area (Å²) in [5.41, 5.74) is 1.66. The summed E-state index contributed by atoms with van der Waals surface area (Å²) in [7, 11) is 1.62. The number of pyridine rings is 1. The van der Waals surface area contributed by atoms with Gasteiger partial charge in [-0.25, -0.2) is 4.98 Å². The fourth-order valence-electron chi connectivity index (χ4n) is 1.41. The predicted octanol–water partition coefficient (Wildman–Crippen LogP) is 1.61. The fraction of sp³-hybridized carbons (Fsp3) is 0.200. The molecule has 5 heteroatoms. The number of amides is 1. The smallest absolute Gasteiger partial charge is 0.225 e. The van der Waals surface area contributed by atoms with Crippen LogP contribution >= 0.6 is 15.9 Å². The minimum atomic E-state index is -0.0160. The van der Waals surface area contributed by atoms with E-state index in [9.17, 15) is 4.79 Å². The Morgan fingerprint density at radius 3 is 3.13 bits per heavy atom. The highest BCUT2D eigenvalue weighted by Crippen LogP contribution is 2.22. The summed E-state index contributed by atoms with van der Waals surface area (Å²) in [5.74, 6) is -0.0160. The molecule has 4 nitrogen and oxygen atoms in total. The molecule has 2 rings (SSSR count). The lowest BCUT2D eigenvalue weighted by Gasteiger charge is -1.94. The number of rotatable bonds is 2. The molecular formula is C10H10BrN3O. The number of carbonyl (C=O) groups is 1. The normalized spacial score (nSPS) is 10.5. The van der Waals surface area contributed by atoms with E-state index in [0.717, 1.165) is 21.2 Å². The monoisotopic (exact) mass is 267 g/mol. The zero-order valence-electron chi connectivity index (χ0n) is 8.17. The van der Waals surface area contributed by atoms with Gasteiger partial charge in [0.1, 0.15) is 5.65 Å². The van der Waals surface area contributed by atoms with Crippen LogP contribution in [0.4, 0.5) is 0 Å². The van der Waals surface area contributed by atoms with Crippen molar-refractivity contribution in [1.29, 1.82) is 0 Å². The maximum atomic E-state index is 11.2. The molecule has 2 heterocycles. The summed E-state index contributed by atoms with van der Waals surface area (Å²) in [6.07, 6.45) is 2.06. The number of carbonyl (C=O) groups excluding carboxylic acids is 1. The Bertz CT molecular complexity index is 506. The molecule has 0 unspecified atom stereocenters. The van der Waals surface area contributed by atoms with E-state index in [4.69, 9.17) is 0 Å². The zero-order valence-corrected chi connectivity index (χ0v) is 9.76. The lowest BCUT2D eigenvalue weighted by atomic mass is 10.2. The molecule has 1 amide bonds. The molecule has 0 saturated carbocycles. The van der Waals surface area contributed by atoms with Crippen LogP contribution in [0.25, 0.3) is 11.0 Å². The van der Waals surface area contributed by atoms with Gasteiger partial charge >= 0.3 is 0 Å². The number of aromatic nitrogens is 2. The third-order valence-electron chi connectivity index (χ3n) is 2.16. The van der Waals surface area contributed by atoms with Gasteiger partial charge in [0.15, 0.2) is 0 Å². The molecule has 2 aromatic heterocycles. The third kappa shape index (κ3) is 2.02. The number of hydrogen-bond donors (Lipinski definition) is 2. The summed E-state index contributed by atoms with van der Waals surface area (Å²) in [4.78, 5) is 18.5. The second-order valence-corrected chi connectivity index (χ2v) is 4.05. The standard InChI is InChI=1S/C10H10BrN3O/c1-12-9(15)5-6-4-7-8(11)2-3-13-10(7)14-6/h2-4H,5H2,1H3,(H,12,15)(H,13,14). The SMILES string of the molecule is CNC(=O)Cc1cc2c(Br)ccnc2[nH]1. The van der Waals surface area contributed by atoms with Crippen molar-refractivity contribution in [3.05, 3.63) is 28.5 Å². The third-order valence-corrected chi connectivity index (χ3v) is 2.86. The topological polar surface area (TPSA) is 57.8 Å². The molecular weight excluding hydrogens is 258 g/mol. The maximum absolute atomic E-state index is 11.2. The van der Waals surface area contributed by atoms with Crippen molar-refractivity contribution in [3.63, 3.8) is 0 Å². The molecule has 0 atom stereocenters. The van der Waals surface area contributed by atoms with E-state index in [1.54, 1.807) is 13.2 Å². The average molecular weight is 268 g/mol. The molecule has 78 valence electrons. The first-order valence-corrected chi connectivity index (χ1v) is 5.32. The molecule has 2 N–H and O–H groups in total. The van der Waals surface area contributed by atoms with Crippen LogP contribution in [0.3, 0.4) is 0 Å². The quantitative estimate of drug-likeness (QED) is 0.869. The van der Waals surface area contributed by atoms with Crippen molar-refractivity contribution in [1.82, 2.24) is 15.3 Å². The van der Waals surface area contributed by atoms with Crippen molar-refractivity contribution < 1.29 is 4.79 Å². The highest BCUT2D eigenvalue weighted by atomic mass is 79.9. The van der Waals surface area contributed by atoms with Gasteiger partial charge in [0.2, 0.25) is 5.91 Å². The van der Waals surface area contributed by atoms with Crippen molar-refractivity contribution in [2.24, 2.45) is 0 Å². The number of nitrogens with zero attached hydrogens (tertiary/aromatic N) is 1. The summed E-state index contributed by atoms with van der Waals surface area (Å²) in [5, 5.41) is 3.58. The predicted molar refractivity (Wildman–Crippen MR) is 61.6 cm³/mol. The minimum absolute atomic E-state index is 0.0160. The number of H-pyrrole nitrogens is 1. The second-order valence-electron chi connectivity index (χ2n) is 3.20. The van der Waals surface area contributed by atoms with E-state index in [0.29, 0.717) is 6.42 Å². The van der Waals surface area contributed by atoms with Crippen molar-refractivity contribution in [3.8, 4) is 0 Å². The van der Waals surface area contributed by atoms with Crippen molar-refractivity contribution >= 4 is 32.9 Å². The number of aromatic amines is 1. The van der Waals surface area contributed by atoms with Crippen LogP contribution in [0.1, 0.15) is 5.69 Å². The van der Waals surface area contributed by atoms with E-state index in [1.807, 2.05) is 12.1 Å². The Labute approximate surface area is 95.2 Å². The van der Waals surface area contributed by atoms with Crippen LogP contribution in [0.15, 0.2) is 22.8 Å². The fourth-order valence-corrected chi connectivity index (χ4v) is 1.83. The zero-order chi connectivity index (χ0) is 10.8. The first-order chi connectivity index (χ1) is 7.20. The van der Waals surface area contributed by atoms with Gasteiger partial charge in [0.25, 0.3) is 0 Å². The Morgan fingerprint density at radius 2 is 2.47 bits per heavy atom. The van der Waals surface area contributed by atoms with Crippen LogP contribution in [0.2, 0.25) is 0 Å². The second kappa shape index (κ2) is 4.02. The Morgan fingerprint density at radius 1 is 1.67 bits per heavy atom. The molecule has 0 bridgehead atoms. The number of nitrogens with one attached hydrogen (secondary N) is 2. The Hall–Kier alpha value is -1.36. The lowest BCUT2D eigenvalue weighted by Crippen LogP contribution is -2.19. The first kappa shape index (κ1) is 10.2. The summed E-state index contributed by atoms with van der Waals surface area (Å²) < 4.78 is 0.979. The minimum Gasteiger partial charge on any atom is -0.359 e. The number of hydrogen-bond acceptors (Lipinski definition) is 2. The van der Waals surface area contributed by atoms with Gasteiger partial charge in [-0.2, -0.15) is 0 Å². The number of likely N-dealkylation sites (N-methyl/N-ethyl adjacent to an activating group) is 1. The molecule has 0 spiro atoms. The Kier molecular flexibility index (Phi) is 2.73. The van der Waals surface area contributed by atoms with Gasteiger partial charge in [-0.1, -0.05) is 0 Å². The number of fused-ring (bicyclic) bond motifs is 1. The van der Waals surface area contributed by atoms with E-state index < -0.39 is 0 Å². The van der Waals surface area contributed by atoms with E-state index in [-0.39, 0.29) is 5.91 Å². The largest absolute Gasteiger partial charge is 0.359 e. The van der Waals surface area contributed by atoms with Crippen LogP contribution < -0.4 is 5.32 Å². The molecule has 2 aromatic rings. The van der Waals surface area contributed by atoms with E-state index in [2.05, 4.69) is 31.2 Å². The van der Waals surface area contributed by atoms with Crippen LogP contribution in [-0.2, 0) is 11.2 Å². The highest BCUT2D eigenvalue weighted by Gasteiger charge is 2.07. The average Bonchev–Trinajstić information content (AvgIpc) is 2.62. The van der Waals surface area contributed by atoms with Gasteiger partial charge in [-0.15, -0.1) is 0 Å². The van der Waals surface area contributed by atoms with Gasteiger partial charge < -0.3 is 10.3 Å². The molecule has 0 aliphatic carbocycles. The van der Waals surface area contributed by atoms with Gasteiger partial charge in [0.05, 0.1) is 6.42 Å². The van der Waals surface area contributed by atoms with Gasteiger partial charge in [-0.3, -0.25) is 4.79 Å². The van der Waals surface area contributed by atoms with Crippen LogP contribution in [0, 0.1) is 0 Å². The summed E-state index contributed by atoms with van der Waals surface area (Å²) >= 11 is 3.43. The maximum Gasteiger partial charge on any atom is 0.225 e. The Balaban J connectivity index is 2.39. The van der Waals surface area contributed by atoms with Crippen molar-refractivity contribution in [2.45, 2.75) is 6.42 Å². The highest BCUT2D eigenvalue weighted by molar-refractivity contribution is 9.10. The first-order valence-electron chi connectivity index (χ1n) is 4.53. The molecule has 0 fully saturated rings. The number of halogens is 1. The van der Waals surface area contributed by atoms with Crippen LogP contribution in [-0.4, -0.2) is 22.9 Å². The summed E-state index contributed by atoms with van der Waals surface area (Å²) in [6.45, 7) is 0. The molecule has 0 radical (unpaired) electrons. The summed E-state index contributed by atoms with van der Waals surface area (Å²) in [6, 6.07) is 3.81. The molecule has 0 aliphatic rings. The molecule has 0 aliphatic heterocycles. The lowest BCUT2D eigenvalue weighted by molar-refractivity contribution is -0.119. The molecule has 15 heavy (non-hydrogen) atoms. The molecule has 0 saturated heterocycles. The van der Waals surface area contributed by atoms with Crippen LogP contribution in [0.5, 0.6) is 0 Å². The van der Waals surface area contributed by atoms with Gasteiger partial charge in [0, 0.05) is 28.8 Å². The molecule has 0 aromatic carbocycles.